The van der Waals surface area contributed by atoms with E-state index in [9.17, 15) is 10.1 Å². The van der Waals surface area contributed by atoms with Crippen LogP contribution in [0.4, 0.5) is 11.4 Å². The van der Waals surface area contributed by atoms with Crippen LogP contribution in [0.1, 0.15) is 40.7 Å². The molecule has 5 rings (SSSR count). The van der Waals surface area contributed by atoms with Gasteiger partial charge in [0, 0.05) is 25.0 Å². The molecule has 0 atom stereocenters. The molecule has 1 amide bonds. The number of amides is 1. The lowest BCUT2D eigenvalue weighted by Gasteiger charge is -2.26. The Kier molecular flexibility index (Phi) is 5.88. The van der Waals surface area contributed by atoms with Gasteiger partial charge in [-0.1, -0.05) is 18.2 Å². The Morgan fingerprint density at radius 1 is 1.03 bits per heavy atom. The Bertz CT molecular complexity index is 1360. The Morgan fingerprint density at radius 2 is 1.74 bits per heavy atom. The first kappa shape index (κ1) is 21.5. The van der Waals surface area contributed by atoms with Gasteiger partial charge in [0.1, 0.15) is 17.6 Å². The third kappa shape index (κ3) is 4.18. The van der Waals surface area contributed by atoms with Crippen molar-refractivity contribution in [2.75, 3.05) is 18.4 Å². The number of hydrogen-bond acceptors (Lipinski definition) is 5. The van der Waals surface area contributed by atoms with E-state index < -0.39 is 0 Å². The second-order valence-corrected chi connectivity index (χ2v) is 8.42. The monoisotopic (exact) mass is 451 g/mol. The number of carbonyl (C=O) groups is 1. The maximum Gasteiger partial charge on any atom is 0.255 e. The first-order valence-electron chi connectivity index (χ1n) is 11.4. The van der Waals surface area contributed by atoms with Crippen LogP contribution in [0.5, 0.6) is 11.5 Å². The van der Waals surface area contributed by atoms with Gasteiger partial charge in [0.05, 0.1) is 28.5 Å². The van der Waals surface area contributed by atoms with Gasteiger partial charge in [-0.2, -0.15) is 10.4 Å². The van der Waals surface area contributed by atoms with Crippen molar-refractivity contribution in [1.82, 2.24) is 14.5 Å². The molecule has 0 bridgehead atoms. The van der Waals surface area contributed by atoms with Crippen molar-refractivity contribution in [2.45, 2.75) is 26.2 Å². The van der Waals surface area contributed by atoms with E-state index in [1.54, 1.807) is 10.7 Å². The number of ether oxygens (including phenoxy) is 1. The molecule has 1 aliphatic heterocycles. The van der Waals surface area contributed by atoms with Gasteiger partial charge in [0.25, 0.3) is 5.91 Å². The predicted octanol–water partition coefficient (Wildman–Crippen LogP) is 5.68. The summed E-state index contributed by atoms with van der Waals surface area (Å²) in [5.74, 6) is 1.50. The summed E-state index contributed by atoms with van der Waals surface area (Å²) >= 11 is 0. The van der Waals surface area contributed by atoms with Crippen LogP contribution in [0.15, 0.2) is 67.0 Å². The second-order valence-electron chi connectivity index (χ2n) is 8.42. The molecule has 1 N–H and O–H groups in total. The van der Waals surface area contributed by atoms with Gasteiger partial charge < -0.3 is 15.0 Å². The van der Waals surface area contributed by atoms with Crippen LogP contribution in [-0.4, -0.2) is 33.5 Å². The molecule has 34 heavy (non-hydrogen) atoms. The number of likely N-dealkylation sites (tertiary alicyclic amines) is 1. The molecule has 7 heteroatoms. The number of carbonyl (C=O) groups excluding carboxylic acids is 1. The maximum atomic E-state index is 13.2. The number of aromatic nitrogens is 2. The Morgan fingerprint density at radius 3 is 2.44 bits per heavy atom. The average Bonchev–Trinajstić information content (AvgIpc) is 3.22. The number of hydrogen-bond donors (Lipinski definition) is 1. The smallest absolute Gasteiger partial charge is 0.255 e. The Labute approximate surface area is 198 Å². The van der Waals surface area contributed by atoms with E-state index in [-0.39, 0.29) is 5.91 Å². The summed E-state index contributed by atoms with van der Waals surface area (Å²) in [5.41, 5.74) is 4.00. The number of para-hydroxylation sites is 1. The van der Waals surface area contributed by atoms with Crippen molar-refractivity contribution in [3.63, 3.8) is 0 Å². The van der Waals surface area contributed by atoms with Crippen molar-refractivity contribution >= 4 is 22.8 Å². The van der Waals surface area contributed by atoms with E-state index in [4.69, 9.17) is 4.74 Å². The first-order chi connectivity index (χ1) is 16.6. The number of nitrogens with zero attached hydrogens (tertiary/aromatic N) is 4. The van der Waals surface area contributed by atoms with Crippen LogP contribution < -0.4 is 10.1 Å². The molecule has 0 unspecified atom stereocenters. The minimum Gasteiger partial charge on any atom is -0.457 e. The van der Waals surface area contributed by atoms with Gasteiger partial charge >= 0.3 is 0 Å². The van der Waals surface area contributed by atoms with Crippen LogP contribution in [0.3, 0.4) is 0 Å². The fraction of sp³-hybridized carbons (Fsp3) is 0.222. The summed E-state index contributed by atoms with van der Waals surface area (Å²) in [4.78, 5) is 15.1. The summed E-state index contributed by atoms with van der Waals surface area (Å²) in [6.07, 6.45) is 6.52. The number of fused-ring (bicyclic) bond motifs is 1. The standard InChI is InChI=1S/C27H25N5O2/c1-19-24(27(33)31-14-6-3-7-15-31)18-32-26(19)25(20(16-28)17-29-32)30-21-10-12-23(13-11-21)34-22-8-4-2-5-9-22/h2,4-5,8-13,17-18,30H,3,6-7,14-15H2,1H3. The lowest BCUT2D eigenvalue weighted by molar-refractivity contribution is 0.0723. The molecule has 4 aromatic rings. The number of nitrogens with one attached hydrogen (secondary N) is 1. The minimum atomic E-state index is 0.0228. The SMILES string of the molecule is Cc1c(C(=O)N2CCCCC2)cn2ncc(C#N)c(Nc3ccc(Oc4ccccc4)cc3)c12. The molecular formula is C27H25N5O2. The highest BCUT2D eigenvalue weighted by molar-refractivity contribution is 6.00. The minimum absolute atomic E-state index is 0.0228. The molecule has 0 saturated carbocycles. The van der Waals surface area contributed by atoms with Gasteiger partial charge in [-0.25, -0.2) is 4.52 Å². The number of nitriles is 1. The molecular weight excluding hydrogens is 426 g/mol. The normalized spacial score (nSPS) is 13.5. The van der Waals surface area contributed by atoms with E-state index in [0.29, 0.717) is 22.6 Å². The third-order valence-corrected chi connectivity index (χ3v) is 6.15. The fourth-order valence-corrected chi connectivity index (χ4v) is 4.36. The van der Waals surface area contributed by atoms with Crippen LogP contribution in [0, 0.1) is 18.3 Å². The van der Waals surface area contributed by atoms with Gasteiger partial charge in [0.2, 0.25) is 0 Å². The summed E-state index contributed by atoms with van der Waals surface area (Å²) in [7, 11) is 0. The molecule has 1 aliphatic rings. The quantitative estimate of drug-likeness (QED) is 0.422. The van der Waals surface area contributed by atoms with Crippen LogP contribution in [-0.2, 0) is 0 Å². The summed E-state index contributed by atoms with van der Waals surface area (Å²) in [5, 5.41) is 17.5. The topological polar surface area (TPSA) is 82.7 Å². The van der Waals surface area contributed by atoms with Gasteiger partial charge in [-0.3, -0.25) is 4.79 Å². The van der Waals surface area contributed by atoms with E-state index in [1.807, 2.05) is 66.4 Å². The van der Waals surface area contributed by atoms with E-state index in [1.165, 1.54) is 6.20 Å². The molecule has 1 fully saturated rings. The maximum absolute atomic E-state index is 13.2. The molecule has 0 spiro atoms. The van der Waals surface area contributed by atoms with Crippen molar-refractivity contribution in [1.29, 1.82) is 5.26 Å². The third-order valence-electron chi connectivity index (χ3n) is 6.15. The zero-order valence-electron chi connectivity index (χ0n) is 19.0. The fourth-order valence-electron chi connectivity index (χ4n) is 4.36. The van der Waals surface area contributed by atoms with E-state index in [2.05, 4.69) is 16.5 Å². The van der Waals surface area contributed by atoms with Crippen molar-refractivity contribution in [2.24, 2.45) is 0 Å². The predicted molar refractivity (Wildman–Crippen MR) is 131 cm³/mol. The molecule has 0 radical (unpaired) electrons. The van der Waals surface area contributed by atoms with Gasteiger partial charge in [0.15, 0.2) is 0 Å². The molecule has 1 saturated heterocycles. The highest BCUT2D eigenvalue weighted by Gasteiger charge is 2.24. The lowest BCUT2D eigenvalue weighted by atomic mass is 10.1. The first-order valence-corrected chi connectivity index (χ1v) is 11.4. The molecule has 170 valence electrons. The zero-order chi connectivity index (χ0) is 23.5. The number of piperidine rings is 1. The highest BCUT2D eigenvalue weighted by atomic mass is 16.5. The zero-order valence-corrected chi connectivity index (χ0v) is 19.0. The lowest BCUT2D eigenvalue weighted by Crippen LogP contribution is -2.35. The molecule has 3 heterocycles. The average molecular weight is 452 g/mol. The number of rotatable bonds is 5. The van der Waals surface area contributed by atoms with Crippen LogP contribution >= 0.6 is 0 Å². The van der Waals surface area contributed by atoms with E-state index in [0.717, 1.165) is 54.9 Å². The summed E-state index contributed by atoms with van der Waals surface area (Å²) in [6.45, 7) is 3.48. The van der Waals surface area contributed by atoms with Gasteiger partial charge in [-0.15, -0.1) is 0 Å². The number of anilines is 2. The highest BCUT2D eigenvalue weighted by Crippen LogP contribution is 2.32. The summed E-state index contributed by atoms with van der Waals surface area (Å²) in [6, 6.07) is 19.3. The molecule has 2 aromatic carbocycles. The molecule has 7 nitrogen and oxygen atoms in total. The van der Waals surface area contributed by atoms with Crippen molar-refractivity contribution < 1.29 is 9.53 Å². The second kappa shape index (κ2) is 9.28. The van der Waals surface area contributed by atoms with Crippen molar-refractivity contribution in [3.8, 4) is 17.6 Å². The van der Waals surface area contributed by atoms with Crippen LogP contribution in [0.2, 0.25) is 0 Å². The van der Waals surface area contributed by atoms with Gasteiger partial charge in [-0.05, 0) is 68.1 Å². The van der Waals surface area contributed by atoms with E-state index >= 15 is 0 Å². The summed E-state index contributed by atoms with van der Waals surface area (Å²) < 4.78 is 7.55. The van der Waals surface area contributed by atoms with Crippen molar-refractivity contribution in [3.05, 3.63) is 83.7 Å². The molecule has 2 aromatic heterocycles. The van der Waals surface area contributed by atoms with Crippen LogP contribution in [0.25, 0.3) is 5.52 Å². The largest absolute Gasteiger partial charge is 0.457 e. The Hall–Kier alpha value is -4.31. The number of aryl methyl sites for hydroxylation is 1. The molecule has 0 aliphatic carbocycles. The Balaban J connectivity index is 1.46. The number of benzene rings is 2.